The van der Waals surface area contributed by atoms with Crippen molar-refractivity contribution in [2.45, 2.75) is 12.8 Å². The van der Waals surface area contributed by atoms with Gasteiger partial charge in [0.05, 0.1) is 17.3 Å². The van der Waals surface area contributed by atoms with Crippen molar-refractivity contribution in [3.05, 3.63) is 52.2 Å². The van der Waals surface area contributed by atoms with Crippen molar-refractivity contribution in [2.75, 3.05) is 13.1 Å². The number of hydrogen-bond donors (Lipinski definition) is 2. The lowest BCUT2D eigenvalue weighted by molar-refractivity contribution is 0.103. The maximum Gasteiger partial charge on any atom is 0.407 e. The van der Waals surface area contributed by atoms with Crippen LogP contribution in [-0.4, -0.2) is 48.9 Å². The number of rotatable bonds is 2. The van der Waals surface area contributed by atoms with Crippen molar-refractivity contribution >= 4 is 17.1 Å². The van der Waals surface area contributed by atoms with Crippen LogP contribution in [0.5, 0.6) is 0 Å². The molecule has 1 saturated heterocycles. The highest BCUT2D eigenvalue weighted by molar-refractivity contribution is 5.78. The number of para-hydroxylation sites is 1. The number of benzene rings is 1. The molecule has 1 fully saturated rings. The SMILES string of the molecule is Cc1nn(-c2ccccc2)c2nc(C3CN(C(=O)O)C3)[nH]c(=O)c12. The van der Waals surface area contributed by atoms with Crippen LogP contribution < -0.4 is 5.56 Å². The smallest absolute Gasteiger partial charge is 0.407 e. The molecule has 24 heavy (non-hydrogen) atoms. The first-order valence-corrected chi connectivity index (χ1v) is 7.57. The summed E-state index contributed by atoms with van der Waals surface area (Å²) in [6.07, 6.45) is -0.958. The minimum atomic E-state index is -0.958. The number of nitrogens with one attached hydrogen (secondary N) is 1. The maximum atomic E-state index is 12.4. The average molecular weight is 325 g/mol. The largest absolute Gasteiger partial charge is 0.465 e. The molecule has 1 aliphatic rings. The molecule has 2 N–H and O–H groups in total. The molecule has 4 rings (SSSR count). The molecule has 0 atom stereocenters. The number of hydrogen-bond acceptors (Lipinski definition) is 4. The summed E-state index contributed by atoms with van der Waals surface area (Å²) < 4.78 is 1.65. The van der Waals surface area contributed by atoms with Crippen molar-refractivity contribution in [3.8, 4) is 5.69 Å². The van der Waals surface area contributed by atoms with Gasteiger partial charge in [-0.25, -0.2) is 14.5 Å². The third kappa shape index (κ3) is 2.15. The minimum absolute atomic E-state index is 0.0994. The molecule has 0 aliphatic carbocycles. The topological polar surface area (TPSA) is 104 Å². The second-order valence-corrected chi connectivity index (χ2v) is 5.87. The highest BCUT2D eigenvalue weighted by atomic mass is 16.4. The van der Waals surface area contributed by atoms with E-state index in [9.17, 15) is 9.59 Å². The number of carboxylic acid groups (broad SMARTS) is 1. The number of H-pyrrole nitrogens is 1. The highest BCUT2D eigenvalue weighted by Crippen LogP contribution is 2.25. The third-order valence-corrected chi connectivity index (χ3v) is 4.27. The van der Waals surface area contributed by atoms with Crippen molar-refractivity contribution in [2.24, 2.45) is 0 Å². The van der Waals surface area contributed by atoms with Crippen molar-refractivity contribution in [1.29, 1.82) is 0 Å². The Balaban J connectivity index is 1.82. The molecule has 3 aromatic rings. The second kappa shape index (κ2) is 5.19. The van der Waals surface area contributed by atoms with Crippen LogP contribution in [0.3, 0.4) is 0 Å². The number of aromatic nitrogens is 4. The number of fused-ring (bicyclic) bond motifs is 1. The van der Waals surface area contributed by atoms with Crippen LogP contribution in [0.25, 0.3) is 16.7 Å². The van der Waals surface area contributed by atoms with E-state index in [1.807, 2.05) is 30.3 Å². The van der Waals surface area contributed by atoms with E-state index in [0.29, 0.717) is 35.6 Å². The van der Waals surface area contributed by atoms with E-state index in [4.69, 9.17) is 5.11 Å². The Morgan fingerprint density at radius 3 is 2.67 bits per heavy atom. The highest BCUT2D eigenvalue weighted by Gasteiger charge is 2.34. The molecular weight excluding hydrogens is 310 g/mol. The zero-order chi connectivity index (χ0) is 16.8. The van der Waals surface area contributed by atoms with Gasteiger partial charge in [-0.3, -0.25) is 4.79 Å². The number of likely N-dealkylation sites (tertiary alicyclic amines) is 1. The van der Waals surface area contributed by atoms with E-state index in [1.54, 1.807) is 11.6 Å². The first kappa shape index (κ1) is 14.4. The van der Waals surface area contributed by atoms with Crippen molar-refractivity contribution < 1.29 is 9.90 Å². The monoisotopic (exact) mass is 325 g/mol. The quantitative estimate of drug-likeness (QED) is 0.743. The molecule has 8 heteroatoms. The molecule has 3 heterocycles. The number of carbonyl (C=O) groups is 1. The number of aryl methyl sites for hydroxylation is 1. The third-order valence-electron chi connectivity index (χ3n) is 4.27. The van der Waals surface area contributed by atoms with Crippen LogP contribution in [0.2, 0.25) is 0 Å². The standard InChI is InChI=1S/C16H15N5O3/c1-9-12-14(21(19-9)11-5-3-2-4-6-11)17-13(18-15(12)22)10-7-20(8-10)16(23)24/h2-6,10H,7-8H2,1H3,(H,23,24)(H,17,18,22). The summed E-state index contributed by atoms with van der Waals surface area (Å²) in [5, 5.41) is 13.8. The average Bonchev–Trinajstić information content (AvgIpc) is 2.84. The Morgan fingerprint density at radius 1 is 1.29 bits per heavy atom. The molecular formula is C16H15N5O3. The van der Waals surface area contributed by atoms with Crippen LogP contribution in [0.15, 0.2) is 35.1 Å². The summed E-state index contributed by atoms with van der Waals surface area (Å²) in [6, 6.07) is 9.47. The molecule has 2 aromatic heterocycles. The Morgan fingerprint density at radius 2 is 2.00 bits per heavy atom. The molecule has 1 aliphatic heterocycles. The summed E-state index contributed by atoms with van der Waals surface area (Å²) in [4.78, 5) is 32.0. The van der Waals surface area contributed by atoms with Gasteiger partial charge in [0, 0.05) is 13.1 Å². The van der Waals surface area contributed by atoms with Gasteiger partial charge in [0.25, 0.3) is 5.56 Å². The molecule has 1 amide bonds. The first-order valence-electron chi connectivity index (χ1n) is 7.57. The van der Waals surface area contributed by atoms with Gasteiger partial charge in [-0.05, 0) is 19.1 Å². The molecule has 122 valence electrons. The number of aromatic amines is 1. The van der Waals surface area contributed by atoms with Gasteiger partial charge < -0.3 is 15.0 Å². The molecule has 0 bridgehead atoms. The first-order chi connectivity index (χ1) is 11.5. The van der Waals surface area contributed by atoms with E-state index >= 15 is 0 Å². The minimum Gasteiger partial charge on any atom is -0.465 e. The second-order valence-electron chi connectivity index (χ2n) is 5.87. The summed E-state index contributed by atoms with van der Waals surface area (Å²) in [7, 11) is 0. The van der Waals surface area contributed by atoms with Crippen LogP contribution >= 0.6 is 0 Å². The fourth-order valence-corrected chi connectivity index (χ4v) is 2.96. The van der Waals surface area contributed by atoms with E-state index in [0.717, 1.165) is 5.69 Å². The Labute approximate surface area is 136 Å². The Hall–Kier alpha value is -3.16. The van der Waals surface area contributed by atoms with E-state index < -0.39 is 6.09 Å². The van der Waals surface area contributed by atoms with Crippen molar-refractivity contribution in [1.82, 2.24) is 24.6 Å². The van der Waals surface area contributed by atoms with E-state index in [2.05, 4.69) is 15.1 Å². The summed E-state index contributed by atoms with van der Waals surface area (Å²) >= 11 is 0. The normalized spacial score (nSPS) is 14.8. The van der Waals surface area contributed by atoms with E-state index in [1.165, 1.54) is 4.90 Å². The maximum absolute atomic E-state index is 12.4. The van der Waals surface area contributed by atoms with Gasteiger partial charge in [0.15, 0.2) is 5.65 Å². The van der Waals surface area contributed by atoms with Gasteiger partial charge in [0.2, 0.25) is 0 Å². The van der Waals surface area contributed by atoms with Gasteiger partial charge in [0.1, 0.15) is 11.2 Å². The lowest BCUT2D eigenvalue weighted by Crippen LogP contribution is -2.48. The van der Waals surface area contributed by atoms with Gasteiger partial charge in [-0.15, -0.1) is 0 Å². The fraction of sp³-hybridized carbons (Fsp3) is 0.250. The van der Waals surface area contributed by atoms with Gasteiger partial charge in [-0.1, -0.05) is 18.2 Å². The van der Waals surface area contributed by atoms with E-state index in [-0.39, 0.29) is 11.5 Å². The predicted octanol–water partition coefficient (Wildman–Crippen LogP) is 1.49. The molecule has 0 saturated carbocycles. The molecule has 1 aromatic carbocycles. The van der Waals surface area contributed by atoms with Crippen LogP contribution in [0.1, 0.15) is 17.4 Å². The van der Waals surface area contributed by atoms with Gasteiger partial charge >= 0.3 is 6.09 Å². The van der Waals surface area contributed by atoms with Crippen molar-refractivity contribution in [3.63, 3.8) is 0 Å². The molecule has 0 unspecified atom stereocenters. The zero-order valence-electron chi connectivity index (χ0n) is 12.9. The summed E-state index contributed by atoms with van der Waals surface area (Å²) in [5.41, 5.74) is 1.67. The molecule has 8 nitrogen and oxygen atoms in total. The Bertz CT molecular complexity index is 986. The van der Waals surface area contributed by atoms with Crippen LogP contribution in [0, 0.1) is 6.92 Å². The molecule has 0 spiro atoms. The lowest BCUT2D eigenvalue weighted by atomic mass is 10.00. The number of amides is 1. The predicted molar refractivity (Wildman–Crippen MR) is 86.6 cm³/mol. The van der Waals surface area contributed by atoms with Crippen LogP contribution in [-0.2, 0) is 0 Å². The fourth-order valence-electron chi connectivity index (χ4n) is 2.96. The van der Waals surface area contributed by atoms with Crippen LogP contribution in [0.4, 0.5) is 4.79 Å². The lowest BCUT2D eigenvalue weighted by Gasteiger charge is -2.36. The summed E-state index contributed by atoms with van der Waals surface area (Å²) in [5.74, 6) is 0.403. The number of nitrogens with zero attached hydrogens (tertiary/aromatic N) is 4. The Kier molecular flexibility index (Phi) is 3.12. The summed E-state index contributed by atoms with van der Waals surface area (Å²) in [6.45, 7) is 2.44. The zero-order valence-corrected chi connectivity index (χ0v) is 12.9. The molecule has 0 radical (unpaired) electrons. The van der Waals surface area contributed by atoms with Gasteiger partial charge in [-0.2, -0.15) is 5.10 Å².